The number of fused-ring (bicyclic) bond motifs is 1. The number of para-hydroxylation sites is 1. The molecule has 0 radical (unpaired) electrons. The molecule has 3 rings (SSSR count). The van der Waals surface area contributed by atoms with Crippen molar-refractivity contribution in [3.05, 3.63) is 30.1 Å². The number of aromatic nitrogens is 2. The number of amides is 2. The molecular formula is C19H21F3N4O4S2. The highest BCUT2D eigenvalue weighted by molar-refractivity contribution is 8.00. The number of carbonyl (C=O) groups is 2. The summed E-state index contributed by atoms with van der Waals surface area (Å²) >= 11 is 0.838. The van der Waals surface area contributed by atoms with Gasteiger partial charge in [0.05, 0.1) is 29.3 Å². The molecule has 1 atom stereocenters. The van der Waals surface area contributed by atoms with Crippen LogP contribution in [0.2, 0.25) is 0 Å². The topological polar surface area (TPSA) is 109 Å². The first-order valence-corrected chi connectivity index (χ1v) is 12.5. The van der Waals surface area contributed by atoms with Crippen LogP contribution in [0, 0.1) is 0 Å². The van der Waals surface area contributed by atoms with Gasteiger partial charge in [-0.2, -0.15) is 13.2 Å². The maximum absolute atomic E-state index is 13.1. The molecule has 13 heteroatoms. The lowest BCUT2D eigenvalue weighted by molar-refractivity contribution is -0.145. The van der Waals surface area contributed by atoms with Gasteiger partial charge in [0.15, 0.2) is 9.84 Å². The predicted molar refractivity (Wildman–Crippen MR) is 113 cm³/mol. The van der Waals surface area contributed by atoms with Crippen LogP contribution in [-0.4, -0.2) is 71.5 Å². The Morgan fingerprint density at radius 1 is 1.25 bits per heavy atom. The van der Waals surface area contributed by atoms with E-state index in [4.69, 9.17) is 0 Å². The Bertz CT molecular complexity index is 1130. The summed E-state index contributed by atoms with van der Waals surface area (Å²) in [5, 5.41) is 3.02. The van der Waals surface area contributed by atoms with Crippen LogP contribution in [0.25, 0.3) is 10.9 Å². The van der Waals surface area contributed by atoms with E-state index in [1.54, 1.807) is 25.1 Å². The van der Waals surface area contributed by atoms with Crippen LogP contribution in [-0.2, 0) is 25.6 Å². The van der Waals surface area contributed by atoms with Gasteiger partial charge in [-0.25, -0.2) is 18.4 Å². The number of hydrogen-bond donors (Lipinski definition) is 1. The number of alkyl halides is 3. The summed E-state index contributed by atoms with van der Waals surface area (Å²) in [4.78, 5) is 33.2. The number of rotatable bonds is 7. The van der Waals surface area contributed by atoms with E-state index in [1.807, 2.05) is 0 Å². The van der Waals surface area contributed by atoms with E-state index >= 15 is 0 Å². The van der Waals surface area contributed by atoms with Gasteiger partial charge in [-0.15, -0.1) is 0 Å². The maximum atomic E-state index is 13.1. The molecule has 0 saturated carbocycles. The van der Waals surface area contributed by atoms with Gasteiger partial charge in [0.1, 0.15) is 5.03 Å². The van der Waals surface area contributed by atoms with Crippen molar-refractivity contribution in [2.24, 2.45) is 0 Å². The molecule has 2 amide bonds. The minimum Gasteiger partial charge on any atom is -0.351 e. The van der Waals surface area contributed by atoms with Crippen LogP contribution in [0.1, 0.15) is 19.2 Å². The third-order valence-corrected chi connectivity index (χ3v) is 7.56. The molecule has 1 aliphatic heterocycles. The average molecular weight is 491 g/mol. The Hall–Kier alpha value is -2.41. The summed E-state index contributed by atoms with van der Waals surface area (Å²) in [6.07, 6.45) is -4.41. The van der Waals surface area contributed by atoms with Crippen molar-refractivity contribution in [1.82, 2.24) is 20.2 Å². The van der Waals surface area contributed by atoms with E-state index in [-0.39, 0.29) is 40.9 Å². The summed E-state index contributed by atoms with van der Waals surface area (Å²) in [5.74, 6) is -2.57. The van der Waals surface area contributed by atoms with E-state index in [1.165, 1.54) is 11.0 Å². The van der Waals surface area contributed by atoms with Crippen LogP contribution in [0.15, 0.2) is 29.3 Å². The van der Waals surface area contributed by atoms with Gasteiger partial charge in [0.25, 0.3) is 0 Å². The molecule has 2 aromatic rings. The Morgan fingerprint density at radius 3 is 2.59 bits per heavy atom. The second kappa shape index (κ2) is 9.61. The zero-order valence-electron chi connectivity index (χ0n) is 17.1. The Morgan fingerprint density at radius 2 is 1.97 bits per heavy atom. The number of hydrogen-bond acceptors (Lipinski definition) is 7. The van der Waals surface area contributed by atoms with Gasteiger partial charge in [0, 0.05) is 18.0 Å². The fraction of sp³-hybridized carbons (Fsp3) is 0.474. The number of likely N-dealkylation sites (N-methyl/N-ethyl adjacent to an activating group) is 1. The Balaban J connectivity index is 1.66. The monoisotopic (exact) mass is 490 g/mol. The highest BCUT2D eigenvalue weighted by atomic mass is 32.2. The van der Waals surface area contributed by atoms with Crippen molar-refractivity contribution in [2.75, 3.05) is 30.3 Å². The second-order valence-electron chi connectivity index (χ2n) is 7.23. The average Bonchev–Trinajstić information content (AvgIpc) is 3.07. The van der Waals surface area contributed by atoms with Gasteiger partial charge >= 0.3 is 6.18 Å². The number of sulfone groups is 1. The first kappa shape index (κ1) is 24.2. The largest absolute Gasteiger partial charge is 0.451 e. The van der Waals surface area contributed by atoms with E-state index in [0.29, 0.717) is 11.8 Å². The van der Waals surface area contributed by atoms with Gasteiger partial charge < -0.3 is 10.2 Å². The summed E-state index contributed by atoms with van der Waals surface area (Å²) in [6.45, 7) is 1.59. The zero-order chi connectivity index (χ0) is 23.5. The van der Waals surface area contributed by atoms with E-state index in [0.717, 1.165) is 11.8 Å². The molecule has 1 saturated heterocycles. The number of nitrogens with zero attached hydrogens (tertiary/aromatic N) is 3. The summed E-state index contributed by atoms with van der Waals surface area (Å²) in [5.41, 5.74) is 0.114. The lowest BCUT2D eigenvalue weighted by atomic mass is 10.2. The fourth-order valence-electron chi connectivity index (χ4n) is 3.24. The van der Waals surface area contributed by atoms with Crippen molar-refractivity contribution >= 4 is 44.3 Å². The van der Waals surface area contributed by atoms with Crippen LogP contribution in [0.3, 0.4) is 0 Å². The van der Waals surface area contributed by atoms with Crippen LogP contribution >= 0.6 is 11.8 Å². The lowest BCUT2D eigenvalue weighted by Gasteiger charge is -2.21. The quantitative estimate of drug-likeness (QED) is 0.466. The summed E-state index contributed by atoms with van der Waals surface area (Å²) < 4.78 is 62.5. The molecule has 1 aromatic carbocycles. The fourth-order valence-corrected chi connectivity index (χ4v) is 5.83. The van der Waals surface area contributed by atoms with Crippen molar-refractivity contribution in [2.45, 2.75) is 30.6 Å². The molecule has 174 valence electrons. The van der Waals surface area contributed by atoms with Gasteiger partial charge in [-0.05, 0) is 19.4 Å². The minimum atomic E-state index is -4.73. The molecule has 2 heterocycles. The Kier molecular flexibility index (Phi) is 7.28. The molecular weight excluding hydrogens is 469 g/mol. The highest BCUT2D eigenvalue weighted by Gasteiger charge is 2.35. The molecule has 0 bridgehead atoms. The highest BCUT2D eigenvalue weighted by Crippen LogP contribution is 2.32. The molecule has 1 fully saturated rings. The SMILES string of the molecule is CCN(CC(=O)NC1CCS(=O)(=O)C1)C(=O)CSc1nc(C(F)(F)F)nc2ccccc12. The number of carbonyl (C=O) groups excluding carboxylic acids is 2. The molecule has 1 unspecified atom stereocenters. The van der Waals surface area contributed by atoms with Gasteiger partial charge in [-0.3, -0.25) is 9.59 Å². The molecule has 1 aromatic heterocycles. The van der Waals surface area contributed by atoms with E-state index < -0.39 is 39.7 Å². The lowest BCUT2D eigenvalue weighted by Crippen LogP contribution is -2.45. The van der Waals surface area contributed by atoms with Crippen LogP contribution in [0.5, 0.6) is 0 Å². The van der Waals surface area contributed by atoms with Crippen molar-refractivity contribution in [1.29, 1.82) is 0 Å². The van der Waals surface area contributed by atoms with Gasteiger partial charge in [-0.1, -0.05) is 30.0 Å². The smallest absolute Gasteiger partial charge is 0.351 e. The molecule has 8 nitrogen and oxygen atoms in total. The standard InChI is InChI=1S/C19H21F3N4O4S2/c1-2-26(9-15(27)23-12-7-8-32(29,30)11-12)16(28)10-31-17-13-5-3-4-6-14(13)24-18(25-17)19(20,21)22/h3-6,12H,2,7-11H2,1H3,(H,23,27). The van der Waals surface area contributed by atoms with Crippen LogP contribution in [0.4, 0.5) is 13.2 Å². The molecule has 1 aliphatic rings. The van der Waals surface area contributed by atoms with E-state index in [2.05, 4.69) is 15.3 Å². The first-order chi connectivity index (χ1) is 15.0. The normalized spacial score (nSPS) is 17.9. The van der Waals surface area contributed by atoms with Crippen LogP contribution < -0.4 is 5.32 Å². The second-order valence-corrected chi connectivity index (χ2v) is 10.4. The molecule has 0 aliphatic carbocycles. The summed E-state index contributed by atoms with van der Waals surface area (Å²) in [7, 11) is -3.15. The maximum Gasteiger partial charge on any atom is 0.451 e. The third-order valence-electron chi connectivity index (χ3n) is 4.82. The number of thioether (sulfide) groups is 1. The number of halogens is 3. The Labute approximate surface area is 186 Å². The van der Waals surface area contributed by atoms with Gasteiger partial charge in [0.2, 0.25) is 17.6 Å². The first-order valence-electron chi connectivity index (χ1n) is 9.73. The molecule has 0 spiro atoms. The van der Waals surface area contributed by atoms with E-state index in [9.17, 15) is 31.2 Å². The molecule has 1 N–H and O–H groups in total. The third kappa shape index (κ3) is 6.09. The minimum absolute atomic E-state index is 0.0117. The zero-order valence-corrected chi connectivity index (χ0v) is 18.7. The number of nitrogens with one attached hydrogen (secondary N) is 1. The predicted octanol–water partition coefficient (Wildman–Crippen LogP) is 1.89. The van der Waals surface area contributed by atoms with Crippen molar-refractivity contribution in [3.63, 3.8) is 0 Å². The van der Waals surface area contributed by atoms with Crippen molar-refractivity contribution < 1.29 is 31.2 Å². The van der Waals surface area contributed by atoms with Crippen molar-refractivity contribution in [3.8, 4) is 0 Å². The molecule has 32 heavy (non-hydrogen) atoms. The summed E-state index contributed by atoms with van der Waals surface area (Å²) in [6, 6.07) is 5.72. The number of benzene rings is 1.